The van der Waals surface area contributed by atoms with Crippen molar-refractivity contribution < 1.29 is 4.79 Å². The highest BCUT2D eigenvalue weighted by molar-refractivity contribution is 7.99. The average Bonchev–Trinajstić information content (AvgIpc) is 2.53. The van der Waals surface area contributed by atoms with Crippen LogP contribution in [0.25, 0.3) is 0 Å². The number of carbonyl (C=O) groups is 1. The van der Waals surface area contributed by atoms with Crippen molar-refractivity contribution in [3.8, 4) is 6.07 Å². The fourth-order valence-corrected chi connectivity index (χ4v) is 2.70. The number of amides is 1. The Bertz CT molecular complexity index is 635. The standard InChI is InChI=1S/C17H16N2OS/c18-13-14-6-4-7-15(12-14)19-17(20)10-5-11-21-16-8-2-1-3-9-16/h1-4,6-9,12H,5,10-11H2,(H,19,20). The lowest BCUT2D eigenvalue weighted by molar-refractivity contribution is -0.116. The Morgan fingerprint density at radius 2 is 1.95 bits per heavy atom. The van der Waals surface area contributed by atoms with Gasteiger partial charge in [0.1, 0.15) is 0 Å². The van der Waals surface area contributed by atoms with Gasteiger partial charge in [-0.25, -0.2) is 0 Å². The van der Waals surface area contributed by atoms with Gasteiger partial charge in [0.25, 0.3) is 0 Å². The SMILES string of the molecule is N#Cc1cccc(NC(=O)CCCSc2ccccc2)c1. The molecule has 3 nitrogen and oxygen atoms in total. The van der Waals surface area contributed by atoms with Gasteiger partial charge in [-0.2, -0.15) is 5.26 Å². The molecule has 0 saturated heterocycles. The monoisotopic (exact) mass is 296 g/mol. The molecule has 0 saturated carbocycles. The summed E-state index contributed by atoms with van der Waals surface area (Å²) in [5.74, 6) is 0.897. The van der Waals surface area contributed by atoms with Crippen LogP contribution in [0.1, 0.15) is 18.4 Å². The molecular weight excluding hydrogens is 280 g/mol. The Morgan fingerprint density at radius 3 is 2.71 bits per heavy atom. The predicted molar refractivity (Wildman–Crippen MR) is 86.2 cm³/mol. The number of anilines is 1. The molecule has 21 heavy (non-hydrogen) atoms. The maximum Gasteiger partial charge on any atom is 0.224 e. The number of nitriles is 1. The van der Waals surface area contributed by atoms with Gasteiger partial charge in [-0.15, -0.1) is 11.8 Å². The van der Waals surface area contributed by atoms with E-state index in [1.54, 1.807) is 36.0 Å². The van der Waals surface area contributed by atoms with Gasteiger partial charge in [-0.3, -0.25) is 4.79 Å². The third kappa shape index (κ3) is 5.33. The van der Waals surface area contributed by atoms with E-state index in [-0.39, 0.29) is 5.91 Å². The second kappa shape index (κ2) is 8.13. The average molecular weight is 296 g/mol. The van der Waals surface area contributed by atoms with Gasteiger partial charge in [0.15, 0.2) is 0 Å². The number of thioether (sulfide) groups is 1. The van der Waals surface area contributed by atoms with Crippen LogP contribution in [0, 0.1) is 11.3 Å². The third-order valence-corrected chi connectivity index (χ3v) is 3.93. The summed E-state index contributed by atoms with van der Waals surface area (Å²) in [6.45, 7) is 0. The molecule has 1 amide bonds. The van der Waals surface area contributed by atoms with Crippen molar-refractivity contribution in [2.24, 2.45) is 0 Å². The van der Waals surface area contributed by atoms with Gasteiger partial charge in [0.05, 0.1) is 11.6 Å². The van der Waals surface area contributed by atoms with E-state index in [1.165, 1.54) is 4.90 Å². The van der Waals surface area contributed by atoms with Crippen molar-refractivity contribution in [2.45, 2.75) is 17.7 Å². The summed E-state index contributed by atoms with van der Waals surface area (Å²) in [6.07, 6.45) is 1.31. The van der Waals surface area contributed by atoms with Gasteiger partial charge in [0.2, 0.25) is 5.91 Å². The molecule has 0 atom stereocenters. The Kier molecular flexibility index (Phi) is 5.86. The first kappa shape index (κ1) is 15.1. The van der Waals surface area contributed by atoms with E-state index in [2.05, 4.69) is 23.5 Å². The van der Waals surface area contributed by atoms with E-state index in [0.29, 0.717) is 17.7 Å². The van der Waals surface area contributed by atoms with E-state index >= 15 is 0 Å². The molecule has 1 N–H and O–H groups in total. The first-order valence-electron chi connectivity index (χ1n) is 6.76. The lowest BCUT2D eigenvalue weighted by atomic mass is 10.2. The van der Waals surface area contributed by atoms with Crippen molar-refractivity contribution in [3.63, 3.8) is 0 Å². The summed E-state index contributed by atoms with van der Waals surface area (Å²) >= 11 is 1.75. The topological polar surface area (TPSA) is 52.9 Å². The van der Waals surface area contributed by atoms with Crippen molar-refractivity contribution in [3.05, 3.63) is 60.2 Å². The molecule has 2 rings (SSSR count). The van der Waals surface area contributed by atoms with Crippen LogP contribution in [0.4, 0.5) is 5.69 Å². The highest BCUT2D eigenvalue weighted by atomic mass is 32.2. The molecule has 0 aliphatic heterocycles. The van der Waals surface area contributed by atoms with Gasteiger partial charge in [0, 0.05) is 17.0 Å². The van der Waals surface area contributed by atoms with E-state index in [0.717, 1.165) is 12.2 Å². The number of benzene rings is 2. The minimum atomic E-state index is -0.0150. The highest BCUT2D eigenvalue weighted by Gasteiger charge is 2.03. The molecule has 0 spiro atoms. The third-order valence-electron chi connectivity index (χ3n) is 2.84. The van der Waals surface area contributed by atoms with Crippen molar-refractivity contribution in [2.75, 3.05) is 11.1 Å². The van der Waals surface area contributed by atoms with Crippen molar-refractivity contribution in [1.29, 1.82) is 5.26 Å². The van der Waals surface area contributed by atoms with E-state index < -0.39 is 0 Å². The zero-order valence-electron chi connectivity index (χ0n) is 11.6. The number of rotatable bonds is 6. The molecule has 0 aliphatic rings. The van der Waals surface area contributed by atoms with Crippen molar-refractivity contribution in [1.82, 2.24) is 0 Å². The summed E-state index contributed by atoms with van der Waals surface area (Å²) in [4.78, 5) is 13.0. The Labute approximate surface area is 129 Å². The smallest absolute Gasteiger partial charge is 0.224 e. The van der Waals surface area contributed by atoms with Crippen LogP contribution in [-0.2, 0) is 4.79 Å². The minimum absolute atomic E-state index is 0.0150. The molecule has 0 heterocycles. The Hall–Kier alpha value is -2.25. The molecule has 0 bridgehead atoms. The molecule has 0 radical (unpaired) electrons. The molecule has 0 aliphatic carbocycles. The molecule has 4 heteroatoms. The van der Waals surface area contributed by atoms with E-state index in [9.17, 15) is 4.79 Å². The lowest BCUT2D eigenvalue weighted by Gasteiger charge is -2.05. The molecule has 0 unspecified atom stereocenters. The van der Waals surface area contributed by atoms with Crippen LogP contribution in [0.5, 0.6) is 0 Å². The number of nitrogens with one attached hydrogen (secondary N) is 1. The van der Waals surface area contributed by atoms with Crippen LogP contribution in [0.3, 0.4) is 0 Å². The van der Waals surface area contributed by atoms with E-state index in [1.807, 2.05) is 18.2 Å². The number of nitrogens with zero attached hydrogens (tertiary/aromatic N) is 1. The zero-order chi connectivity index (χ0) is 14.9. The maximum absolute atomic E-state index is 11.8. The fourth-order valence-electron chi connectivity index (χ4n) is 1.83. The first-order valence-corrected chi connectivity index (χ1v) is 7.74. The number of hydrogen-bond donors (Lipinski definition) is 1. The molecule has 2 aromatic rings. The van der Waals surface area contributed by atoms with Gasteiger partial charge >= 0.3 is 0 Å². The Morgan fingerprint density at radius 1 is 1.14 bits per heavy atom. The van der Waals surface area contributed by atoms with Gasteiger partial charge in [-0.05, 0) is 42.5 Å². The predicted octanol–water partition coefficient (Wildman–Crippen LogP) is 4.07. The normalized spacial score (nSPS) is 9.86. The minimum Gasteiger partial charge on any atom is -0.326 e. The van der Waals surface area contributed by atoms with Crippen LogP contribution < -0.4 is 5.32 Å². The van der Waals surface area contributed by atoms with Gasteiger partial charge in [-0.1, -0.05) is 24.3 Å². The van der Waals surface area contributed by atoms with Gasteiger partial charge < -0.3 is 5.32 Å². The van der Waals surface area contributed by atoms with Crippen LogP contribution in [0.15, 0.2) is 59.5 Å². The molecular formula is C17H16N2OS. The lowest BCUT2D eigenvalue weighted by Crippen LogP contribution is -2.11. The summed E-state index contributed by atoms with van der Waals surface area (Å²) < 4.78 is 0. The second-order valence-corrected chi connectivity index (χ2v) is 5.67. The van der Waals surface area contributed by atoms with Crippen LogP contribution in [-0.4, -0.2) is 11.7 Å². The fraction of sp³-hybridized carbons (Fsp3) is 0.176. The number of hydrogen-bond acceptors (Lipinski definition) is 3. The summed E-state index contributed by atoms with van der Waals surface area (Å²) in [5, 5.41) is 11.6. The zero-order valence-corrected chi connectivity index (χ0v) is 12.4. The maximum atomic E-state index is 11.8. The molecule has 2 aromatic carbocycles. The second-order valence-electron chi connectivity index (χ2n) is 4.51. The van der Waals surface area contributed by atoms with Crippen LogP contribution in [0.2, 0.25) is 0 Å². The summed E-state index contributed by atoms with van der Waals surface area (Å²) in [6, 6.07) is 19.2. The quantitative estimate of drug-likeness (QED) is 0.646. The largest absolute Gasteiger partial charge is 0.326 e. The molecule has 0 fully saturated rings. The first-order chi connectivity index (χ1) is 10.3. The van der Waals surface area contributed by atoms with Crippen molar-refractivity contribution >= 4 is 23.4 Å². The van der Waals surface area contributed by atoms with Crippen LogP contribution >= 0.6 is 11.8 Å². The summed E-state index contributed by atoms with van der Waals surface area (Å²) in [7, 11) is 0. The Balaban J connectivity index is 1.71. The highest BCUT2D eigenvalue weighted by Crippen LogP contribution is 2.18. The van der Waals surface area contributed by atoms with E-state index in [4.69, 9.17) is 5.26 Å². The molecule has 0 aromatic heterocycles. The number of carbonyl (C=O) groups excluding carboxylic acids is 1. The molecule has 106 valence electrons. The summed E-state index contributed by atoms with van der Waals surface area (Å²) in [5.41, 5.74) is 1.22.